The molecule has 3 aliphatic heterocycles. The lowest BCUT2D eigenvalue weighted by molar-refractivity contribution is -0.384. The maximum atomic E-state index is 10.6. The molecular weight excluding hydrogens is 258 g/mol. The molecule has 104 valence electrons. The zero-order valence-electron chi connectivity index (χ0n) is 10.9. The Bertz CT molecular complexity index is 584. The molecule has 0 saturated carbocycles. The Morgan fingerprint density at radius 1 is 1.30 bits per heavy atom. The van der Waals surface area contributed by atoms with Gasteiger partial charge in [0.1, 0.15) is 5.71 Å². The highest BCUT2D eigenvalue weighted by atomic mass is 16.6. The fraction of sp³-hybridized carbons (Fsp3) is 0.357. The van der Waals surface area contributed by atoms with Gasteiger partial charge in [0, 0.05) is 31.1 Å². The molecule has 0 amide bonds. The number of nitro benzene ring substituents is 1. The van der Waals surface area contributed by atoms with E-state index in [-0.39, 0.29) is 5.69 Å². The first-order chi connectivity index (χ1) is 9.69. The summed E-state index contributed by atoms with van der Waals surface area (Å²) in [6.45, 7) is 1.95. The predicted octanol–water partition coefficient (Wildman–Crippen LogP) is 2.49. The summed E-state index contributed by atoms with van der Waals surface area (Å²) in [5.41, 5.74) is 2.62. The highest BCUT2D eigenvalue weighted by Crippen LogP contribution is 2.33. The predicted molar refractivity (Wildman–Crippen MR) is 74.6 cm³/mol. The van der Waals surface area contributed by atoms with Gasteiger partial charge in [0.05, 0.1) is 10.6 Å². The second-order valence-corrected chi connectivity index (χ2v) is 5.12. The largest absolute Gasteiger partial charge is 0.411 e. The molecule has 3 fully saturated rings. The van der Waals surface area contributed by atoms with Crippen LogP contribution in [0.15, 0.2) is 35.1 Å². The van der Waals surface area contributed by atoms with E-state index in [1.165, 1.54) is 12.1 Å². The second-order valence-electron chi connectivity index (χ2n) is 5.12. The Hall–Kier alpha value is -2.37. The van der Waals surface area contributed by atoms with Crippen molar-refractivity contribution in [2.75, 3.05) is 13.1 Å². The summed E-state index contributed by atoms with van der Waals surface area (Å²) < 4.78 is 0. The van der Waals surface area contributed by atoms with E-state index in [4.69, 9.17) is 0 Å². The molecule has 2 bridgehead atoms. The zero-order chi connectivity index (χ0) is 14.1. The van der Waals surface area contributed by atoms with Crippen LogP contribution in [0.3, 0.4) is 0 Å². The van der Waals surface area contributed by atoms with Gasteiger partial charge in [-0.2, -0.15) is 0 Å². The minimum absolute atomic E-state index is 0.0775. The number of hydrogen-bond acceptors (Lipinski definition) is 5. The van der Waals surface area contributed by atoms with E-state index in [1.807, 2.05) is 6.08 Å². The van der Waals surface area contributed by atoms with Crippen LogP contribution >= 0.6 is 0 Å². The molecule has 0 atom stereocenters. The summed E-state index contributed by atoms with van der Waals surface area (Å²) in [5.74, 6) is 0.328. The molecule has 1 aromatic carbocycles. The molecule has 1 N–H and O–H groups in total. The molecule has 0 unspecified atom stereocenters. The van der Waals surface area contributed by atoms with Gasteiger partial charge in [0.2, 0.25) is 0 Å². The number of nitro groups is 1. The number of oxime groups is 1. The second kappa shape index (κ2) is 4.96. The highest BCUT2D eigenvalue weighted by Gasteiger charge is 2.35. The number of non-ortho nitro benzene ring substituents is 1. The molecular formula is C14H15N3O3. The van der Waals surface area contributed by atoms with E-state index in [9.17, 15) is 15.3 Å². The van der Waals surface area contributed by atoms with Crippen molar-refractivity contribution in [1.29, 1.82) is 0 Å². The number of hydrogen-bond donors (Lipinski definition) is 1. The van der Waals surface area contributed by atoms with Crippen LogP contribution in [-0.2, 0) is 0 Å². The number of rotatable bonds is 2. The van der Waals surface area contributed by atoms with E-state index in [1.54, 1.807) is 12.1 Å². The fourth-order valence-electron chi connectivity index (χ4n) is 2.91. The van der Waals surface area contributed by atoms with E-state index >= 15 is 0 Å². The van der Waals surface area contributed by atoms with Gasteiger partial charge in [-0.1, -0.05) is 5.16 Å². The third kappa shape index (κ3) is 2.13. The summed E-state index contributed by atoms with van der Waals surface area (Å²) in [5, 5.41) is 23.3. The molecule has 0 spiro atoms. The van der Waals surface area contributed by atoms with E-state index < -0.39 is 4.92 Å². The SMILES string of the molecule is O=[N+]([O-])c1ccc(/C=C2\C(=N/O)C3CCN2CC3)cc1. The topological polar surface area (TPSA) is 79.0 Å². The van der Waals surface area contributed by atoms with Gasteiger partial charge in [-0.3, -0.25) is 10.1 Å². The molecule has 4 rings (SSSR count). The summed E-state index contributed by atoms with van der Waals surface area (Å²) in [7, 11) is 0. The zero-order valence-corrected chi connectivity index (χ0v) is 10.9. The van der Waals surface area contributed by atoms with Crippen LogP contribution in [0.5, 0.6) is 0 Å². The average molecular weight is 273 g/mol. The standard InChI is InChI=1S/C14H15N3O3/c18-15-14-11-5-7-16(8-6-11)13(14)9-10-1-3-12(4-2-10)17(19)20/h1-4,9,11,18H,5-8H2/b13-9+,15-14-. The summed E-state index contributed by atoms with van der Waals surface area (Å²) in [6, 6.07) is 6.39. The maximum absolute atomic E-state index is 10.6. The Kier molecular flexibility index (Phi) is 3.14. The van der Waals surface area contributed by atoms with Crippen LogP contribution in [0.1, 0.15) is 18.4 Å². The Morgan fingerprint density at radius 2 is 1.95 bits per heavy atom. The van der Waals surface area contributed by atoms with Gasteiger partial charge >= 0.3 is 0 Å². The van der Waals surface area contributed by atoms with Crippen molar-refractivity contribution in [3.63, 3.8) is 0 Å². The molecule has 0 radical (unpaired) electrons. The first kappa shape index (κ1) is 12.7. The molecule has 3 aliphatic rings. The van der Waals surface area contributed by atoms with Crippen molar-refractivity contribution in [1.82, 2.24) is 4.90 Å². The van der Waals surface area contributed by atoms with Crippen LogP contribution in [0.25, 0.3) is 6.08 Å². The van der Waals surface area contributed by atoms with Gasteiger partial charge in [-0.15, -0.1) is 0 Å². The minimum Gasteiger partial charge on any atom is -0.411 e. The van der Waals surface area contributed by atoms with Crippen LogP contribution < -0.4 is 0 Å². The van der Waals surface area contributed by atoms with Gasteiger partial charge < -0.3 is 10.1 Å². The Balaban J connectivity index is 1.92. The van der Waals surface area contributed by atoms with Crippen LogP contribution in [-0.4, -0.2) is 33.8 Å². The summed E-state index contributed by atoms with van der Waals surface area (Å²) >= 11 is 0. The van der Waals surface area contributed by atoms with Gasteiger partial charge in [-0.05, 0) is 36.6 Å². The lowest BCUT2D eigenvalue weighted by atomic mass is 9.83. The molecule has 1 aromatic rings. The molecule has 3 saturated heterocycles. The van der Waals surface area contributed by atoms with Crippen molar-refractivity contribution in [3.05, 3.63) is 45.6 Å². The molecule has 6 heteroatoms. The van der Waals surface area contributed by atoms with Crippen LogP contribution in [0, 0.1) is 16.0 Å². The molecule has 0 aromatic heterocycles. The lowest BCUT2D eigenvalue weighted by Gasteiger charge is -2.42. The quantitative estimate of drug-likeness (QED) is 0.510. The van der Waals surface area contributed by atoms with Crippen LogP contribution in [0.2, 0.25) is 0 Å². The number of fused-ring (bicyclic) bond motifs is 3. The lowest BCUT2D eigenvalue weighted by Crippen LogP contribution is -2.46. The first-order valence-electron chi connectivity index (χ1n) is 6.62. The van der Waals surface area contributed by atoms with Crippen LogP contribution in [0.4, 0.5) is 5.69 Å². The molecule has 3 heterocycles. The summed E-state index contributed by atoms with van der Waals surface area (Å²) in [4.78, 5) is 12.4. The van der Waals surface area contributed by atoms with E-state index in [2.05, 4.69) is 10.1 Å². The van der Waals surface area contributed by atoms with Crippen molar-refractivity contribution in [2.24, 2.45) is 11.1 Å². The third-order valence-electron chi connectivity index (χ3n) is 4.00. The van der Waals surface area contributed by atoms with Gasteiger partial charge in [0.25, 0.3) is 5.69 Å². The van der Waals surface area contributed by atoms with Crippen molar-refractivity contribution in [3.8, 4) is 0 Å². The van der Waals surface area contributed by atoms with Gasteiger partial charge in [0.15, 0.2) is 0 Å². The number of nitrogens with zero attached hydrogens (tertiary/aromatic N) is 3. The Morgan fingerprint density at radius 3 is 2.50 bits per heavy atom. The first-order valence-corrected chi connectivity index (χ1v) is 6.62. The van der Waals surface area contributed by atoms with Crippen molar-refractivity contribution in [2.45, 2.75) is 12.8 Å². The Labute approximate surface area is 116 Å². The normalized spacial score (nSPS) is 22.7. The van der Waals surface area contributed by atoms with E-state index in [0.717, 1.165) is 42.9 Å². The summed E-state index contributed by atoms with van der Waals surface area (Å²) in [6.07, 6.45) is 3.98. The third-order valence-corrected chi connectivity index (χ3v) is 4.00. The van der Waals surface area contributed by atoms with Crippen molar-refractivity contribution < 1.29 is 10.1 Å². The molecule has 6 nitrogen and oxygen atoms in total. The number of allylic oxidation sites excluding steroid dienone is 1. The molecule has 20 heavy (non-hydrogen) atoms. The fourth-order valence-corrected chi connectivity index (χ4v) is 2.91. The smallest absolute Gasteiger partial charge is 0.269 e. The monoisotopic (exact) mass is 273 g/mol. The number of piperidine rings is 3. The minimum atomic E-state index is -0.413. The highest BCUT2D eigenvalue weighted by molar-refractivity contribution is 6.05. The van der Waals surface area contributed by atoms with Gasteiger partial charge in [-0.25, -0.2) is 0 Å². The van der Waals surface area contributed by atoms with Crippen molar-refractivity contribution >= 4 is 17.5 Å². The van der Waals surface area contributed by atoms with E-state index in [0.29, 0.717) is 5.92 Å². The molecule has 0 aliphatic carbocycles. The average Bonchev–Trinajstić information content (AvgIpc) is 2.49. The number of benzene rings is 1. The maximum Gasteiger partial charge on any atom is 0.269 e.